The first-order valence-corrected chi connectivity index (χ1v) is 4.92. The minimum Gasteiger partial charge on any atom is -0.508 e. The van der Waals surface area contributed by atoms with Gasteiger partial charge in [-0.05, 0) is 29.7 Å². The molecule has 0 amide bonds. The monoisotopic (exact) mass is 196 g/mol. The normalized spacial score (nSPS) is 24.4. The molecule has 2 rings (SSSR count). The highest BCUT2D eigenvalue weighted by molar-refractivity contribution is 6.22. The molecule has 1 nitrogen and oxygen atoms in total. The van der Waals surface area contributed by atoms with Gasteiger partial charge in [-0.15, -0.1) is 11.6 Å². The van der Waals surface area contributed by atoms with Crippen LogP contribution in [0.1, 0.15) is 25.0 Å². The summed E-state index contributed by atoms with van der Waals surface area (Å²) in [5.74, 6) is 0.334. The van der Waals surface area contributed by atoms with Crippen molar-refractivity contribution in [2.75, 3.05) is 0 Å². The van der Waals surface area contributed by atoms with Crippen molar-refractivity contribution in [2.24, 2.45) is 0 Å². The quantitative estimate of drug-likeness (QED) is 0.633. The maximum Gasteiger partial charge on any atom is 0.115 e. The van der Waals surface area contributed by atoms with Crippen molar-refractivity contribution in [3.63, 3.8) is 0 Å². The van der Waals surface area contributed by atoms with Crippen LogP contribution in [0, 0.1) is 0 Å². The Balaban J connectivity index is 2.55. The van der Waals surface area contributed by atoms with Crippen molar-refractivity contribution in [2.45, 2.75) is 31.1 Å². The molecule has 0 fully saturated rings. The zero-order valence-electron chi connectivity index (χ0n) is 7.84. The first kappa shape index (κ1) is 8.89. The van der Waals surface area contributed by atoms with E-state index in [1.165, 1.54) is 11.1 Å². The molecule has 13 heavy (non-hydrogen) atoms. The van der Waals surface area contributed by atoms with Crippen LogP contribution in [0.4, 0.5) is 0 Å². The van der Waals surface area contributed by atoms with E-state index in [0.29, 0.717) is 5.75 Å². The average molecular weight is 197 g/mol. The molecule has 0 spiro atoms. The minimum atomic E-state index is 0.0323. The van der Waals surface area contributed by atoms with E-state index in [2.05, 4.69) is 13.8 Å². The number of phenolic OH excluding ortho intramolecular Hbond substituents is 1. The Labute approximate surface area is 83.3 Å². The molecule has 0 aliphatic heterocycles. The molecule has 1 unspecified atom stereocenters. The van der Waals surface area contributed by atoms with Gasteiger partial charge in [0.15, 0.2) is 0 Å². The third kappa shape index (κ3) is 1.22. The number of benzene rings is 1. The van der Waals surface area contributed by atoms with Gasteiger partial charge in [0.05, 0.1) is 0 Å². The van der Waals surface area contributed by atoms with Crippen LogP contribution < -0.4 is 0 Å². The molecule has 1 aliphatic carbocycles. The highest BCUT2D eigenvalue weighted by Gasteiger charge is 2.37. The second-order valence-electron chi connectivity index (χ2n) is 4.23. The number of rotatable bonds is 0. The lowest BCUT2D eigenvalue weighted by atomic mass is 9.86. The number of alkyl halides is 1. The van der Waals surface area contributed by atoms with E-state index in [4.69, 9.17) is 11.6 Å². The standard InChI is InChI=1S/C11H13ClO/c1-11(2)9-4-3-8(13)5-7(9)6-10(11)12/h3-5,10,13H,6H2,1-2H3. The first-order chi connectivity index (χ1) is 6.01. The van der Waals surface area contributed by atoms with Crippen molar-refractivity contribution >= 4 is 11.6 Å². The highest BCUT2D eigenvalue weighted by Crippen LogP contribution is 2.42. The van der Waals surface area contributed by atoms with Crippen molar-refractivity contribution < 1.29 is 5.11 Å². The molecule has 1 atom stereocenters. The molecule has 0 heterocycles. The van der Waals surface area contributed by atoms with Crippen LogP contribution >= 0.6 is 11.6 Å². The predicted octanol–water partition coefficient (Wildman–Crippen LogP) is 2.83. The zero-order valence-corrected chi connectivity index (χ0v) is 8.60. The second-order valence-corrected chi connectivity index (χ2v) is 4.76. The van der Waals surface area contributed by atoms with Crippen LogP contribution in [0.5, 0.6) is 5.75 Å². The third-order valence-corrected chi connectivity index (χ3v) is 3.67. The molecule has 0 saturated carbocycles. The summed E-state index contributed by atoms with van der Waals surface area (Å²) in [5, 5.41) is 9.45. The fraction of sp³-hybridized carbons (Fsp3) is 0.455. The Morgan fingerprint density at radius 2 is 2.15 bits per heavy atom. The van der Waals surface area contributed by atoms with Crippen molar-refractivity contribution in [3.8, 4) is 5.75 Å². The molecular weight excluding hydrogens is 184 g/mol. The van der Waals surface area contributed by atoms with Gasteiger partial charge in [-0.2, -0.15) is 0 Å². The fourth-order valence-electron chi connectivity index (χ4n) is 1.99. The van der Waals surface area contributed by atoms with Gasteiger partial charge in [0.1, 0.15) is 5.75 Å². The lowest BCUT2D eigenvalue weighted by Gasteiger charge is -2.23. The Bertz CT molecular complexity index is 344. The molecule has 0 bridgehead atoms. The molecule has 0 radical (unpaired) electrons. The molecule has 1 aromatic carbocycles. The maximum atomic E-state index is 9.31. The van der Waals surface area contributed by atoms with Crippen LogP contribution in [-0.2, 0) is 11.8 Å². The van der Waals surface area contributed by atoms with Gasteiger partial charge in [0.2, 0.25) is 0 Å². The molecular formula is C11H13ClO. The summed E-state index contributed by atoms with van der Waals surface area (Å²) in [6.07, 6.45) is 0.859. The summed E-state index contributed by atoms with van der Waals surface area (Å²) in [4.78, 5) is 0. The van der Waals surface area contributed by atoms with Gasteiger partial charge in [0, 0.05) is 10.8 Å². The van der Waals surface area contributed by atoms with E-state index in [-0.39, 0.29) is 10.8 Å². The smallest absolute Gasteiger partial charge is 0.115 e. The Kier molecular flexibility index (Phi) is 1.81. The first-order valence-electron chi connectivity index (χ1n) is 4.48. The Hall–Kier alpha value is -0.690. The van der Waals surface area contributed by atoms with Gasteiger partial charge < -0.3 is 5.11 Å². The van der Waals surface area contributed by atoms with Crippen LogP contribution in [0.3, 0.4) is 0 Å². The summed E-state index contributed by atoms with van der Waals surface area (Å²) in [5.41, 5.74) is 2.49. The van der Waals surface area contributed by atoms with Crippen LogP contribution in [0.2, 0.25) is 0 Å². The van der Waals surface area contributed by atoms with Gasteiger partial charge in [0.25, 0.3) is 0 Å². The number of aromatic hydroxyl groups is 1. The van der Waals surface area contributed by atoms with Gasteiger partial charge in [-0.25, -0.2) is 0 Å². The SMILES string of the molecule is CC1(C)c2ccc(O)cc2CC1Cl. The predicted molar refractivity (Wildman–Crippen MR) is 54.5 cm³/mol. The van der Waals surface area contributed by atoms with E-state index in [0.717, 1.165) is 6.42 Å². The van der Waals surface area contributed by atoms with Crippen LogP contribution in [-0.4, -0.2) is 10.5 Å². The third-order valence-electron chi connectivity index (χ3n) is 2.97. The van der Waals surface area contributed by atoms with Gasteiger partial charge in [-0.3, -0.25) is 0 Å². The number of hydrogen-bond acceptors (Lipinski definition) is 1. The Morgan fingerprint density at radius 3 is 2.85 bits per heavy atom. The van der Waals surface area contributed by atoms with Crippen LogP contribution in [0.25, 0.3) is 0 Å². The van der Waals surface area contributed by atoms with E-state index in [9.17, 15) is 5.11 Å². The summed E-state index contributed by atoms with van der Waals surface area (Å²) in [6, 6.07) is 5.53. The molecule has 70 valence electrons. The molecule has 0 saturated heterocycles. The number of hydrogen-bond donors (Lipinski definition) is 1. The van der Waals surface area contributed by atoms with Gasteiger partial charge >= 0.3 is 0 Å². The van der Waals surface area contributed by atoms with E-state index >= 15 is 0 Å². The largest absolute Gasteiger partial charge is 0.508 e. The highest BCUT2D eigenvalue weighted by atomic mass is 35.5. The Morgan fingerprint density at radius 1 is 1.46 bits per heavy atom. The number of halogens is 1. The minimum absolute atomic E-state index is 0.0323. The zero-order chi connectivity index (χ0) is 9.64. The summed E-state index contributed by atoms with van der Waals surface area (Å²) in [6.45, 7) is 4.29. The molecule has 2 heteroatoms. The lowest BCUT2D eigenvalue weighted by Crippen LogP contribution is -2.24. The van der Waals surface area contributed by atoms with Crippen molar-refractivity contribution in [1.29, 1.82) is 0 Å². The maximum absolute atomic E-state index is 9.31. The lowest BCUT2D eigenvalue weighted by molar-refractivity contribution is 0.474. The van der Waals surface area contributed by atoms with E-state index < -0.39 is 0 Å². The van der Waals surface area contributed by atoms with E-state index in [1.807, 2.05) is 12.1 Å². The second kappa shape index (κ2) is 2.65. The van der Waals surface area contributed by atoms with E-state index in [1.54, 1.807) is 6.07 Å². The summed E-state index contributed by atoms with van der Waals surface area (Å²) < 4.78 is 0. The van der Waals surface area contributed by atoms with Gasteiger partial charge in [-0.1, -0.05) is 19.9 Å². The fourth-order valence-corrected chi connectivity index (χ4v) is 2.28. The van der Waals surface area contributed by atoms with Crippen molar-refractivity contribution in [1.82, 2.24) is 0 Å². The number of fused-ring (bicyclic) bond motifs is 1. The molecule has 1 aliphatic rings. The molecule has 1 N–H and O–H groups in total. The van der Waals surface area contributed by atoms with Crippen LogP contribution in [0.15, 0.2) is 18.2 Å². The summed E-state index contributed by atoms with van der Waals surface area (Å²) in [7, 11) is 0. The molecule has 1 aromatic rings. The number of phenols is 1. The molecule has 0 aromatic heterocycles. The summed E-state index contributed by atoms with van der Waals surface area (Å²) >= 11 is 6.24. The average Bonchev–Trinajstić information content (AvgIpc) is 2.23. The van der Waals surface area contributed by atoms with Crippen molar-refractivity contribution in [3.05, 3.63) is 29.3 Å². The topological polar surface area (TPSA) is 20.2 Å².